The van der Waals surface area contributed by atoms with Gasteiger partial charge in [0.05, 0.1) is 19.7 Å². The van der Waals surface area contributed by atoms with Crippen LogP contribution in [0.5, 0.6) is 0 Å². The van der Waals surface area contributed by atoms with E-state index in [2.05, 4.69) is 11.4 Å². The van der Waals surface area contributed by atoms with Crippen molar-refractivity contribution in [2.24, 2.45) is 0 Å². The molecule has 3 rings (SSSR count). The van der Waals surface area contributed by atoms with Crippen LogP contribution in [0.25, 0.3) is 0 Å². The SMILES string of the molecule is CC1(C)NC(=O)CN(CC2OCCc3ccccc32)C1=O. The van der Waals surface area contributed by atoms with Gasteiger partial charge in [0.15, 0.2) is 0 Å². The van der Waals surface area contributed by atoms with Gasteiger partial charge in [0.25, 0.3) is 0 Å². The topological polar surface area (TPSA) is 58.6 Å². The lowest BCUT2D eigenvalue weighted by Crippen LogP contribution is -2.64. The number of nitrogens with zero attached hydrogens (tertiary/aromatic N) is 1. The van der Waals surface area contributed by atoms with Crippen molar-refractivity contribution < 1.29 is 14.3 Å². The highest BCUT2D eigenvalue weighted by molar-refractivity contribution is 5.97. The van der Waals surface area contributed by atoms with Crippen molar-refractivity contribution in [2.45, 2.75) is 31.9 Å². The van der Waals surface area contributed by atoms with Crippen molar-refractivity contribution in [1.82, 2.24) is 10.2 Å². The lowest BCUT2D eigenvalue weighted by atomic mass is 9.95. The van der Waals surface area contributed by atoms with E-state index in [1.54, 1.807) is 18.7 Å². The van der Waals surface area contributed by atoms with Crippen LogP contribution in [0.3, 0.4) is 0 Å². The van der Waals surface area contributed by atoms with E-state index in [9.17, 15) is 9.59 Å². The zero-order valence-corrected chi connectivity index (χ0v) is 12.4. The Balaban J connectivity index is 1.81. The first-order valence-corrected chi connectivity index (χ1v) is 7.27. The van der Waals surface area contributed by atoms with E-state index in [1.165, 1.54) is 5.56 Å². The van der Waals surface area contributed by atoms with Gasteiger partial charge in [-0.05, 0) is 31.4 Å². The summed E-state index contributed by atoms with van der Waals surface area (Å²) in [6.45, 7) is 4.64. The monoisotopic (exact) mass is 288 g/mol. The maximum absolute atomic E-state index is 12.4. The Morgan fingerprint density at radius 2 is 2.10 bits per heavy atom. The molecule has 1 atom stereocenters. The first-order chi connectivity index (χ1) is 9.97. The Bertz CT molecular complexity index is 583. The van der Waals surface area contributed by atoms with E-state index < -0.39 is 5.54 Å². The number of hydrogen-bond donors (Lipinski definition) is 1. The van der Waals surface area contributed by atoms with E-state index in [1.807, 2.05) is 18.2 Å². The Kier molecular flexibility index (Phi) is 3.45. The molecule has 0 spiro atoms. The van der Waals surface area contributed by atoms with Gasteiger partial charge in [0.2, 0.25) is 11.8 Å². The third kappa shape index (κ3) is 2.65. The highest BCUT2D eigenvalue weighted by Crippen LogP contribution is 2.28. The second kappa shape index (κ2) is 5.15. The van der Waals surface area contributed by atoms with Crippen LogP contribution in [-0.2, 0) is 20.7 Å². The Morgan fingerprint density at radius 3 is 2.90 bits per heavy atom. The lowest BCUT2D eigenvalue weighted by molar-refractivity contribution is -0.150. The highest BCUT2D eigenvalue weighted by Gasteiger charge is 2.40. The molecule has 1 N–H and O–H groups in total. The van der Waals surface area contributed by atoms with Gasteiger partial charge in [-0.15, -0.1) is 0 Å². The second-order valence-electron chi connectivity index (χ2n) is 6.17. The maximum Gasteiger partial charge on any atom is 0.248 e. The summed E-state index contributed by atoms with van der Waals surface area (Å²) in [5.74, 6) is -0.183. The maximum atomic E-state index is 12.4. The molecule has 0 aliphatic carbocycles. The van der Waals surface area contributed by atoms with Gasteiger partial charge < -0.3 is 15.0 Å². The first-order valence-electron chi connectivity index (χ1n) is 7.27. The quantitative estimate of drug-likeness (QED) is 0.884. The normalized spacial score (nSPS) is 24.5. The number of ether oxygens (including phenoxy) is 1. The van der Waals surface area contributed by atoms with Gasteiger partial charge in [0.1, 0.15) is 11.6 Å². The van der Waals surface area contributed by atoms with Gasteiger partial charge in [-0.2, -0.15) is 0 Å². The van der Waals surface area contributed by atoms with Gasteiger partial charge in [0, 0.05) is 0 Å². The van der Waals surface area contributed by atoms with E-state index in [4.69, 9.17) is 4.74 Å². The third-order valence-electron chi connectivity index (χ3n) is 4.09. The largest absolute Gasteiger partial charge is 0.371 e. The summed E-state index contributed by atoms with van der Waals surface area (Å²) in [5.41, 5.74) is 1.55. The molecule has 2 aliphatic heterocycles. The number of hydrogen-bond acceptors (Lipinski definition) is 3. The van der Waals surface area contributed by atoms with Crippen molar-refractivity contribution in [2.75, 3.05) is 19.7 Å². The van der Waals surface area contributed by atoms with Crippen LogP contribution < -0.4 is 5.32 Å². The molecule has 0 radical (unpaired) electrons. The van der Waals surface area contributed by atoms with E-state index >= 15 is 0 Å². The smallest absolute Gasteiger partial charge is 0.248 e. The fraction of sp³-hybridized carbons (Fsp3) is 0.500. The summed E-state index contributed by atoms with van der Waals surface area (Å²) in [6.07, 6.45) is 0.743. The van der Waals surface area contributed by atoms with E-state index in [0.717, 1.165) is 12.0 Å². The molecule has 5 heteroatoms. The number of carbonyl (C=O) groups is 2. The Morgan fingerprint density at radius 1 is 1.33 bits per heavy atom. The predicted molar refractivity (Wildman–Crippen MR) is 77.6 cm³/mol. The summed E-state index contributed by atoms with van der Waals surface area (Å²) >= 11 is 0. The molecule has 2 aliphatic rings. The van der Waals surface area contributed by atoms with Crippen molar-refractivity contribution in [3.63, 3.8) is 0 Å². The van der Waals surface area contributed by atoms with E-state index in [-0.39, 0.29) is 24.5 Å². The fourth-order valence-corrected chi connectivity index (χ4v) is 3.06. The Labute approximate surface area is 124 Å². The molecule has 1 saturated heterocycles. The first kappa shape index (κ1) is 14.1. The van der Waals surface area contributed by atoms with Gasteiger partial charge in [-0.3, -0.25) is 9.59 Å². The van der Waals surface area contributed by atoms with E-state index in [0.29, 0.717) is 13.2 Å². The predicted octanol–water partition coefficient (Wildman–Crippen LogP) is 1.04. The summed E-state index contributed by atoms with van der Waals surface area (Å²) in [5, 5.41) is 2.72. The second-order valence-corrected chi connectivity index (χ2v) is 6.17. The molecule has 0 saturated carbocycles. The van der Waals surface area contributed by atoms with Gasteiger partial charge in [-0.25, -0.2) is 0 Å². The van der Waals surface area contributed by atoms with Crippen LogP contribution in [0.1, 0.15) is 31.1 Å². The minimum Gasteiger partial charge on any atom is -0.371 e. The number of benzene rings is 1. The molecule has 1 unspecified atom stereocenters. The number of piperazine rings is 1. The summed E-state index contributed by atoms with van der Waals surface area (Å²) in [7, 11) is 0. The Hall–Kier alpha value is -1.88. The standard InChI is InChI=1S/C16H20N2O3/c1-16(2)15(20)18(10-14(19)17-16)9-13-12-6-4-3-5-11(12)7-8-21-13/h3-6,13H,7-10H2,1-2H3,(H,17,19). The van der Waals surface area contributed by atoms with Gasteiger partial charge in [-0.1, -0.05) is 24.3 Å². The zero-order chi connectivity index (χ0) is 15.0. The molecule has 2 heterocycles. The number of nitrogens with one attached hydrogen (secondary N) is 1. The van der Waals surface area contributed by atoms with Crippen molar-refractivity contribution in [3.05, 3.63) is 35.4 Å². The highest BCUT2D eigenvalue weighted by atomic mass is 16.5. The molecule has 0 aromatic heterocycles. The van der Waals surface area contributed by atoms with Crippen LogP contribution in [0.4, 0.5) is 0 Å². The minimum atomic E-state index is -0.844. The van der Waals surface area contributed by atoms with Crippen molar-refractivity contribution in [1.29, 1.82) is 0 Å². The summed E-state index contributed by atoms with van der Waals surface area (Å²) in [4.78, 5) is 25.8. The molecular weight excluding hydrogens is 268 g/mol. The number of carbonyl (C=O) groups excluding carboxylic acids is 2. The zero-order valence-electron chi connectivity index (χ0n) is 12.4. The molecular formula is C16H20N2O3. The molecule has 1 fully saturated rings. The minimum absolute atomic E-state index is 0.0613. The fourth-order valence-electron chi connectivity index (χ4n) is 3.06. The average Bonchev–Trinajstić information content (AvgIpc) is 2.44. The number of fused-ring (bicyclic) bond motifs is 1. The van der Waals surface area contributed by atoms with Crippen LogP contribution in [0.2, 0.25) is 0 Å². The summed E-state index contributed by atoms with van der Waals surface area (Å²) in [6, 6.07) is 8.14. The van der Waals surface area contributed by atoms with Crippen molar-refractivity contribution >= 4 is 11.8 Å². The lowest BCUT2D eigenvalue weighted by Gasteiger charge is -2.39. The molecule has 1 aromatic rings. The van der Waals surface area contributed by atoms with Crippen molar-refractivity contribution in [3.8, 4) is 0 Å². The summed E-state index contributed by atoms with van der Waals surface area (Å²) < 4.78 is 5.83. The van der Waals surface area contributed by atoms with Crippen LogP contribution >= 0.6 is 0 Å². The van der Waals surface area contributed by atoms with Gasteiger partial charge >= 0.3 is 0 Å². The molecule has 2 amide bonds. The molecule has 1 aromatic carbocycles. The third-order valence-corrected chi connectivity index (χ3v) is 4.09. The molecule has 0 bridgehead atoms. The number of rotatable bonds is 2. The molecule has 112 valence electrons. The number of amides is 2. The van der Waals surface area contributed by atoms with Crippen LogP contribution in [0, 0.1) is 0 Å². The molecule has 21 heavy (non-hydrogen) atoms. The molecule has 5 nitrogen and oxygen atoms in total. The van der Waals surface area contributed by atoms with Crippen LogP contribution in [0.15, 0.2) is 24.3 Å². The van der Waals surface area contributed by atoms with Crippen LogP contribution in [-0.4, -0.2) is 41.9 Å². The average molecular weight is 288 g/mol.